The number of rotatable bonds is 4. The molecular formula is C18H15F4N3O4S. The van der Waals surface area contributed by atoms with Gasteiger partial charge >= 0.3 is 11.5 Å². The topological polar surface area (TPSA) is 87.7 Å². The number of sulfone groups is 1. The van der Waals surface area contributed by atoms with Crippen LogP contribution in [0.4, 0.5) is 28.0 Å². The second-order valence-corrected chi connectivity index (χ2v) is 8.92. The van der Waals surface area contributed by atoms with Crippen LogP contribution in [0, 0.1) is 5.82 Å². The lowest BCUT2D eigenvalue weighted by atomic mass is 10.0. The normalized spacial score (nSPS) is 17.0. The molecule has 7 nitrogen and oxygen atoms in total. The van der Waals surface area contributed by atoms with Gasteiger partial charge < -0.3 is 4.90 Å². The number of halogens is 4. The summed E-state index contributed by atoms with van der Waals surface area (Å²) in [6, 6.07) is 3.71. The number of aromatic nitrogens is 1. The molecule has 0 spiro atoms. The van der Waals surface area contributed by atoms with Crippen molar-refractivity contribution in [1.82, 2.24) is 9.88 Å². The lowest BCUT2D eigenvalue weighted by molar-refractivity contribution is -0.123. The van der Waals surface area contributed by atoms with E-state index in [1.165, 1.54) is 26.1 Å². The molecule has 0 N–H and O–H groups in total. The highest BCUT2D eigenvalue weighted by Gasteiger charge is 2.52. The van der Waals surface area contributed by atoms with E-state index >= 15 is 0 Å². The molecule has 0 radical (unpaired) electrons. The Bertz CT molecular complexity index is 1110. The number of urea groups is 1. The van der Waals surface area contributed by atoms with E-state index in [9.17, 15) is 35.6 Å². The van der Waals surface area contributed by atoms with Crippen LogP contribution in [-0.2, 0) is 21.2 Å². The molecule has 0 aliphatic carbocycles. The molecule has 1 aliphatic heterocycles. The van der Waals surface area contributed by atoms with Gasteiger partial charge in [0.2, 0.25) is 0 Å². The van der Waals surface area contributed by atoms with Gasteiger partial charge in [0.25, 0.3) is 15.7 Å². The molecule has 12 heteroatoms. The smallest absolute Gasteiger partial charge is 0.305 e. The molecule has 3 rings (SSSR count). The summed E-state index contributed by atoms with van der Waals surface area (Å²) in [6.07, 6.45) is 2.29. The van der Waals surface area contributed by atoms with Crippen molar-refractivity contribution in [3.63, 3.8) is 0 Å². The number of alkyl halides is 3. The van der Waals surface area contributed by atoms with Crippen molar-refractivity contribution in [1.29, 1.82) is 0 Å². The Hall–Kier alpha value is -3.02. The molecule has 0 unspecified atom stereocenters. The van der Waals surface area contributed by atoms with E-state index in [-0.39, 0.29) is 17.8 Å². The Labute approximate surface area is 168 Å². The predicted octanol–water partition coefficient (Wildman–Crippen LogP) is 3.26. The molecule has 0 bridgehead atoms. The second-order valence-electron chi connectivity index (χ2n) is 6.98. The highest BCUT2D eigenvalue weighted by atomic mass is 32.2. The van der Waals surface area contributed by atoms with Crippen LogP contribution in [0.5, 0.6) is 0 Å². The first-order chi connectivity index (χ1) is 13.8. The number of carbonyl (C=O) groups is 2. The van der Waals surface area contributed by atoms with Crippen molar-refractivity contribution >= 4 is 27.5 Å². The first-order valence-corrected chi connectivity index (χ1v) is 9.93. The number of amides is 3. The lowest BCUT2D eigenvalue weighted by Gasteiger charge is -2.27. The quantitative estimate of drug-likeness (QED) is 0.533. The highest BCUT2D eigenvalue weighted by Crippen LogP contribution is 2.35. The number of pyridine rings is 1. The summed E-state index contributed by atoms with van der Waals surface area (Å²) in [5, 5.41) is 0. The van der Waals surface area contributed by atoms with Crippen LogP contribution >= 0.6 is 0 Å². The van der Waals surface area contributed by atoms with E-state index in [1.807, 2.05) is 0 Å². The Kier molecular flexibility index (Phi) is 5.09. The van der Waals surface area contributed by atoms with Crippen LogP contribution in [0.2, 0.25) is 0 Å². The largest absolute Gasteiger partial charge is 0.501 e. The minimum absolute atomic E-state index is 0.114. The van der Waals surface area contributed by atoms with Gasteiger partial charge in [-0.2, -0.15) is 13.2 Å². The fraction of sp³-hybridized carbons (Fsp3) is 0.278. The van der Waals surface area contributed by atoms with Crippen molar-refractivity contribution in [2.24, 2.45) is 0 Å². The SMILES string of the molecule is CC1(C)C(=O)N(c2ccc(S(=O)(=O)C(F)(F)F)cc2)C(=O)N1Cc1ccncc1F. The second kappa shape index (κ2) is 7.04. The van der Waals surface area contributed by atoms with E-state index in [1.54, 1.807) is 0 Å². The van der Waals surface area contributed by atoms with Gasteiger partial charge in [-0.3, -0.25) is 9.78 Å². The third-order valence-corrected chi connectivity index (χ3v) is 6.22. The number of nitrogens with zero attached hydrogens (tertiary/aromatic N) is 3. The first-order valence-electron chi connectivity index (χ1n) is 8.44. The first kappa shape index (κ1) is 21.7. The zero-order valence-corrected chi connectivity index (χ0v) is 16.5. The van der Waals surface area contributed by atoms with Crippen molar-refractivity contribution < 1.29 is 35.6 Å². The molecule has 0 saturated carbocycles. The van der Waals surface area contributed by atoms with E-state index < -0.39 is 43.5 Å². The van der Waals surface area contributed by atoms with Gasteiger partial charge in [0.15, 0.2) is 0 Å². The third kappa shape index (κ3) is 3.40. The molecule has 0 atom stereocenters. The molecule has 1 saturated heterocycles. The van der Waals surface area contributed by atoms with Gasteiger partial charge in [-0.25, -0.2) is 22.5 Å². The molecule has 160 valence electrons. The number of benzene rings is 1. The molecular weight excluding hydrogens is 430 g/mol. The van der Waals surface area contributed by atoms with E-state index in [2.05, 4.69) is 4.98 Å². The van der Waals surface area contributed by atoms with Gasteiger partial charge in [-0.15, -0.1) is 0 Å². The molecule has 3 amide bonds. The zero-order valence-electron chi connectivity index (χ0n) is 15.6. The number of hydrogen-bond donors (Lipinski definition) is 0. The van der Waals surface area contributed by atoms with E-state index in [0.29, 0.717) is 17.0 Å². The average molecular weight is 445 g/mol. The predicted molar refractivity (Wildman–Crippen MR) is 96.4 cm³/mol. The van der Waals surface area contributed by atoms with E-state index in [4.69, 9.17) is 0 Å². The fourth-order valence-electron chi connectivity index (χ4n) is 2.94. The van der Waals surface area contributed by atoms with Gasteiger partial charge in [0, 0.05) is 11.8 Å². The van der Waals surface area contributed by atoms with Crippen molar-refractivity contribution in [2.45, 2.75) is 36.3 Å². The molecule has 2 aromatic rings. The monoisotopic (exact) mass is 445 g/mol. The summed E-state index contributed by atoms with van der Waals surface area (Å²) in [7, 11) is -5.57. The number of anilines is 1. The molecule has 1 fully saturated rings. The van der Waals surface area contributed by atoms with E-state index in [0.717, 1.165) is 23.2 Å². The van der Waals surface area contributed by atoms with Crippen molar-refractivity contribution in [3.05, 3.63) is 54.1 Å². The summed E-state index contributed by atoms with van der Waals surface area (Å²) in [6.45, 7) is 2.63. The van der Waals surface area contributed by atoms with Crippen LogP contribution in [0.15, 0.2) is 47.6 Å². The van der Waals surface area contributed by atoms with Crippen molar-refractivity contribution in [2.75, 3.05) is 4.90 Å². The Morgan fingerprint density at radius 2 is 1.67 bits per heavy atom. The zero-order chi connectivity index (χ0) is 22.5. The summed E-state index contributed by atoms with van der Waals surface area (Å²) in [5.74, 6) is -1.37. The lowest BCUT2D eigenvalue weighted by Crippen LogP contribution is -2.43. The Morgan fingerprint density at radius 3 is 2.20 bits per heavy atom. The van der Waals surface area contributed by atoms with Crippen molar-refractivity contribution in [3.8, 4) is 0 Å². The minimum Gasteiger partial charge on any atom is -0.305 e. The van der Waals surface area contributed by atoms with Crippen LogP contribution in [-0.4, -0.2) is 41.3 Å². The maximum Gasteiger partial charge on any atom is 0.501 e. The maximum atomic E-state index is 13.9. The summed E-state index contributed by atoms with van der Waals surface area (Å²) < 4.78 is 75.0. The van der Waals surface area contributed by atoms with Gasteiger partial charge in [-0.05, 0) is 44.2 Å². The highest BCUT2D eigenvalue weighted by molar-refractivity contribution is 7.92. The van der Waals surface area contributed by atoms with Gasteiger partial charge in [0.05, 0.1) is 23.3 Å². The Balaban J connectivity index is 1.95. The molecule has 1 aliphatic rings. The molecule has 30 heavy (non-hydrogen) atoms. The number of hydrogen-bond acceptors (Lipinski definition) is 5. The number of imide groups is 1. The van der Waals surface area contributed by atoms with Crippen LogP contribution in [0.1, 0.15) is 19.4 Å². The van der Waals surface area contributed by atoms with Gasteiger partial charge in [0.1, 0.15) is 11.4 Å². The summed E-state index contributed by atoms with van der Waals surface area (Å²) >= 11 is 0. The maximum absolute atomic E-state index is 13.9. The van der Waals surface area contributed by atoms with Gasteiger partial charge in [-0.1, -0.05) is 0 Å². The number of carbonyl (C=O) groups excluding carboxylic acids is 2. The molecule has 1 aromatic carbocycles. The molecule has 2 heterocycles. The fourth-order valence-corrected chi connectivity index (χ4v) is 3.70. The Morgan fingerprint density at radius 1 is 1.07 bits per heavy atom. The average Bonchev–Trinajstić information content (AvgIpc) is 2.82. The summed E-state index contributed by atoms with van der Waals surface area (Å²) in [5.41, 5.74) is -6.87. The van der Waals surface area contributed by atoms with Crippen LogP contribution in [0.3, 0.4) is 0 Å². The molecule has 1 aromatic heterocycles. The van der Waals surface area contributed by atoms with Crippen LogP contribution in [0.25, 0.3) is 0 Å². The standard InChI is InChI=1S/C18H15F4N3O4S/c1-17(2)15(26)25(16(27)24(17)10-11-7-8-23-9-14(11)19)12-3-5-13(6-4-12)30(28,29)18(20,21)22/h3-9H,10H2,1-2H3. The van der Waals surface area contributed by atoms with Crippen LogP contribution < -0.4 is 4.90 Å². The summed E-state index contributed by atoms with van der Waals surface area (Å²) in [4.78, 5) is 30.1. The minimum atomic E-state index is -5.57. The third-order valence-electron chi connectivity index (χ3n) is 4.72.